The van der Waals surface area contributed by atoms with E-state index in [9.17, 15) is 13.2 Å². The molecule has 4 rings (SSSR count). The fourth-order valence-electron chi connectivity index (χ4n) is 4.56. The van der Waals surface area contributed by atoms with Crippen molar-refractivity contribution in [3.63, 3.8) is 0 Å². The molecule has 0 N–H and O–H groups in total. The molecule has 1 aromatic heterocycles. The highest BCUT2D eigenvalue weighted by atomic mass is 32.2. The summed E-state index contributed by atoms with van der Waals surface area (Å²) in [5.74, 6) is 0.555. The molecule has 1 aromatic carbocycles. The quantitative estimate of drug-likeness (QED) is 0.764. The monoisotopic (exact) mass is 417 g/mol. The zero-order valence-electron chi connectivity index (χ0n) is 17.1. The van der Waals surface area contributed by atoms with Crippen molar-refractivity contribution in [2.24, 2.45) is 5.92 Å². The molecule has 2 aromatic rings. The Morgan fingerprint density at radius 1 is 1.14 bits per heavy atom. The fraction of sp³-hybridized carbons (Fsp3) is 0.524. The van der Waals surface area contributed by atoms with Crippen LogP contribution in [0.3, 0.4) is 0 Å². The van der Waals surface area contributed by atoms with Crippen LogP contribution in [0.5, 0.6) is 0 Å². The van der Waals surface area contributed by atoms with Crippen LogP contribution >= 0.6 is 0 Å². The van der Waals surface area contributed by atoms with Crippen molar-refractivity contribution in [3.8, 4) is 0 Å². The highest BCUT2D eigenvalue weighted by molar-refractivity contribution is 7.89. The van der Waals surface area contributed by atoms with Crippen molar-refractivity contribution in [2.45, 2.75) is 57.5 Å². The number of benzene rings is 1. The van der Waals surface area contributed by atoms with Gasteiger partial charge in [-0.2, -0.15) is 4.31 Å². The number of carbonyl (C=O) groups is 1. The summed E-state index contributed by atoms with van der Waals surface area (Å²) in [6.07, 6.45) is 2.17. The van der Waals surface area contributed by atoms with Gasteiger partial charge in [-0.1, -0.05) is 35.0 Å². The van der Waals surface area contributed by atoms with Gasteiger partial charge < -0.3 is 9.42 Å². The van der Waals surface area contributed by atoms with E-state index in [1.54, 1.807) is 13.8 Å². The second kappa shape index (κ2) is 7.57. The third-order valence-electron chi connectivity index (χ3n) is 6.10. The number of aromatic nitrogens is 1. The van der Waals surface area contributed by atoms with Gasteiger partial charge in [0.2, 0.25) is 15.9 Å². The molecular formula is C21H27N3O4S. The Bertz CT molecular complexity index is 994. The van der Waals surface area contributed by atoms with E-state index in [0.717, 1.165) is 18.4 Å². The predicted octanol–water partition coefficient (Wildman–Crippen LogP) is 2.80. The van der Waals surface area contributed by atoms with Crippen LogP contribution in [0.2, 0.25) is 0 Å². The predicted molar refractivity (Wildman–Crippen MR) is 108 cm³/mol. The van der Waals surface area contributed by atoms with E-state index >= 15 is 0 Å². The minimum Gasteiger partial charge on any atom is -0.360 e. The lowest BCUT2D eigenvalue weighted by Crippen LogP contribution is -2.43. The van der Waals surface area contributed by atoms with Gasteiger partial charge in [0.1, 0.15) is 10.6 Å². The summed E-state index contributed by atoms with van der Waals surface area (Å²) in [7, 11) is -3.71. The highest BCUT2D eigenvalue weighted by Crippen LogP contribution is 2.35. The molecule has 2 atom stereocenters. The standard InChI is InChI=1S/C21H27N3O4S/c1-14-7-9-17(10-8-14)11-24-19-13-23(12-18(19)5-4-6-20(24)25)29(26,27)21-15(2)22-28-16(21)3/h7-10,18-19H,4-6,11-13H2,1-3H3/t18-,19+/m1/s1. The summed E-state index contributed by atoms with van der Waals surface area (Å²) in [4.78, 5) is 14.9. The van der Waals surface area contributed by atoms with Gasteiger partial charge in [-0.3, -0.25) is 4.79 Å². The molecule has 2 aliphatic rings. The van der Waals surface area contributed by atoms with Gasteiger partial charge in [0.15, 0.2) is 5.76 Å². The van der Waals surface area contributed by atoms with Crippen molar-refractivity contribution in [1.29, 1.82) is 0 Å². The Morgan fingerprint density at radius 2 is 1.86 bits per heavy atom. The van der Waals surface area contributed by atoms with E-state index in [4.69, 9.17) is 4.52 Å². The minimum absolute atomic E-state index is 0.106. The van der Waals surface area contributed by atoms with Crippen molar-refractivity contribution < 1.29 is 17.7 Å². The molecule has 0 aliphatic carbocycles. The van der Waals surface area contributed by atoms with Crippen molar-refractivity contribution in [1.82, 2.24) is 14.4 Å². The van der Waals surface area contributed by atoms with Crippen LogP contribution in [0.1, 0.15) is 41.8 Å². The van der Waals surface area contributed by atoms with Gasteiger partial charge in [-0.15, -0.1) is 0 Å². The third kappa shape index (κ3) is 3.71. The van der Waals surface area contributed by atoms with Crippen molar-refractivity contribution in [2.75, 3.05) is 13.1 Å². The number of carbonyl (C=O) groups excluding carboxylic acids is 1. The molecule has 29 heavy (non-hydrogen) atoms. The average Bonchev–Trinajstić information content (AvgIpc) is 3.21. The summed E-state index contributed by atoms with van der Waals surface area (Å²) in [6, 6.07) is 8.04. The van der Waals surface area contributed by atoms with Gasteiger partial charge in [-0.05, 0) is 45.1 Å². The number of hydrogen-bond donors (Lipinski definition) is 0. The molecule has 0 radical (unpaired) electrons. The molecule has 0 bridgehead atoms. The number of likely N-dealkylation sites (tertiary alicyclic amines) is 1. The van der Waals surface area contributed by atoms with Gasteiger partial charge in [0.25, 0.3) is 0 Å². The van der Waals surface area contributed by atoms with Crippen molar-refractivity contribution >= 4 is 15.9 Å². The molecule has 0 unspecified atom stereocenters. The normalized spacial score (nSPS) is 23.3. The molecule has 8 heteroatoms. The Kier molecular flexibility index (Phi) is 5.25. The molecule has 2 aliphatic heterocycles. The van der Waals surface area contributed by atoms with Crippen LogP contribution in [0, 0.1) is 26.7 Å². The molecule has 2 saturated heterocycles. The summed E-state index contributed by atoms with van der Waals surface area (Å²) in [5, 5.41) is 3.80. The van der Waals surface area contributed by atoms with E-state index in [1.807, 2.05) is 36.1 Å². The van der Waals surface area contributed by atoms with Gasteiger partial charge in [-0.25, -0.2) is 8.42 Å². The first-order chi connectivity index (χ1) is 13.8. The van der Waals surface area contributed by atoms with Crippen LogP contribution < -0.4 is 0 Å². The van der Waals surface area contributed by atoms with E-state index in [2.05, 4.69) is 5.16 Å². The van der Waals surface area contributed by atoms with Gasteiger partial charge >= 0.3 is 0 Å². The Hall–Kier alpha value is -2.19. The number of amides is 1. The minimum atomic E-state index is -3.71. The van der Waals surface area contributed by atoms with E-state index < -0.39 is 10.0 Å². The van der Waals surface area contributed by atoms with Crippen LogP contribution in [0.15, 0.2) is 33.7 Å². The maximum Gasteiger partial charge on any atom is 0.248 e. The van der Waals surface area contributed by atoms with Crippen LogP contribution in [-0.2, 0) is 21.4 Å². The molecular weight excluding hydrogens is 390 g/mol. The molecule has 2 fully saturated rings. The summed E-state index contributed by atoms with van der Waals surface area (Å²) in [6.45, 7) is 6.55. The summed E-state index contributed by atoms with van der Waals surface area (Å²) < 4.78 is 33.1. The van der Waals surface area contributed by atoms with Crippen LogP contribution in [0.4, 0.5) is 0 Å². The summed E-state index contributed by atoms with van der Waals surface area (Å²) in [5.41, 5.74) is 2.62. The van der Waals surface area contributed by atoms with Gasteiger partial charge in [0, 0.05) is 32.1 Å². The molecule has 3 heterocycles. The second-order valence-corrected chi connectivity index (χ2v) is 10.1. The summed E-state index contributed by atoms with van der Waals surface area (Å²) >= 11 is 0. The number of nitrogens with zero attached hydrogens (tertiary/aromatic N) is 3. The smallest absolute Gasteiger partial charge is 0.248 e. The Balaban J connectivity index is 1.61. The first-order valence-corrected chi connectivity index (χ1v) is 11.5. The van der Waals surface area contributed by atoms with E-state index in [1.165, 1.54) is 9.87 Å². The number of rotatable bonds is 4. The largest absolute Gasteiger partial charge is 0.360 e. The molecule has 1 amide bonds. The first kappa shape index (κ1) is 20.1. The third-order valence-corrected chi connectivity index (χ3v) is 8.18. The fourth-order valence-corrected chi connectivity index (χ4v) is 6.37. The average molecular weight is 418 g/mol. The zero-order chi connectivity index (χ0) is 20.8. The van der Waals surface area contributed by atoms with Crippen LogP contribution in [-0.4, -0.2) is 47.8 Å². The number of hydrogen-bond acceptors (Lipinski definition) is 5. The van der Waals surface area contributed by atoms with E-state index in [-0.39, 0.29) is 22.8 Å². The maximum atomic E-state index is 13.3. The van der Waals surface area contributed by atoms with E-state index in [0.29, 0.717) is 37.5 Å². The molecule has 156 valence electrons. The SMILES string of the molecule is Cc1ccc(CN2C(=O)CCC[C@@H]3CN(S(=O)(=O)c4c(C)noc4C)C[C@@H]32)cc1. The molecule has 0 spiro atoms. The molecule has 7 nitrogen and oxygen atoms in total. The number of sulfonamides is 1. The molecule has 0 saturated carbocycles. The lowest BCUT2D eigenvalue weighted by molar-refractivity contribution is -0.133. The lowest BCUT2D eigenvalue weighted by atomic mass is 9.98. The Labute approximate surface area is 171 Å². The van der Waals surface area contributed by atoms with Crippen molar-refractivity contribution in [3.05, 3.63) is 46.8 Å². The number of fused-ring (bicyclic) bond motifs is 1. The van der Waals surface area contributed by atoms with Gasteiger partial charge in [0.05, 0.1) is 0 Å². The number of aryl methyl sites for hydroxylation is 3. The Morgan fingerprint density at radius 3 is 2.52 bits per heavy atom. The topological polar surface area (TPSA) is 83.7 Å². The first-order valence-electron chi connectivity index (χ1n) is 10.1. The lowest BCUT2D eigenvalue weighted by Gasteiger charge is -2.30. The zero-order valence-corrected chi connectivity index (χ0v) is 17.9. The van der Waals surface area contributed by atoms with Crippen LogP contribution in [0.25, 0.3) is 0 Å². The maximum absolute atomic E-state index is 13.3. The highest BCUT2D eigenvalue weighted by Gasteiger charge is 2.45. The second-order valence-electron chi connectivity index (χ2n) is 8.20.